The van der Waals surface area contributed by atoms with Gasteiger partial charge in [0.15, 0.2) is 0 Å². The lowest BCUT2D eigenvalue weighted by Crippen LogP contribution is -2.70. The average molecular weight is 1020 g/mol. The van der Waals surface area contributed by atoms with E-state index in [0.29, 0.717) is 42.3 Å². The molecule has 4 amide bonds. The zero-order valence-corrected chi connectivity index (χ0v) is 43.5. The number of likely N-dealkylation sites (tertiary alicyclic amines) is 1. The Balaban J connectivity index is 0.854. The Kier molecular flexibility index (Phi) is 14.6. The lowest BCUT2D eigenvalue weighted by atomic mass is 9.43. The van der Waals surface area contributed by atoms with Crippen LogP contribution in [-0.4, -0.2) is 101 Å². The minimum absolute atomic E-state index is 0.00294. The number of aliphatic hydroxyl groups is 1. The number of halogens is 1. The molecular formula is C53H63ClN10O7S. The van der Waals surface area contributed by atoms with Gasteiger partial charge in [0.25, 0.3) is 11.8 Å². The first-order valence-corrected chi connectivity index (χ1v) is 25.5. The van der Waals surface area contributed by atoms with Crippen LogP contribution >= 0.6 is 22.9 Å². The number of nitriles is 1. The Morgan fingerprint density at radius 2 is 1.78 bits per heavy atom. The van der Waals surface area contributed by atoms with Crippen molar-refractivity contribution in [1.29, 1.82) is 5.26 Å². The normalized spacial score (nSPS) is 25.7. The largest absolute Gasteiger partial charge is 0.391 e. The van der Waals surface area contributed by atoms with Crippen LogP contribution in [0.4, 0.5) is 5.69 Å². The van der Waals surface area contributed by atoms with Crippen molar-refractivity contribution in [2.75, 3.05) is 38.2 Å². The molecule has 1 saturated carbocycles. The maximum Gasteiger partial charge on any atom is 0.259 e. The molecule has 3 aromatic carbocycles. The molecule has 380 valence electrons. The fourth-order valence-corrected chi connectivity index (χ4v) is 12.7. The first kappa shape index (κ1) is 52.3. The number of amides is 4. The molecule has 4 fully saturated rings. The van der Waals surface area contributed by atoms with Crippen molar-refractivity contribution < 1.29 is 33.8 Å². The third kappa shape index (κ3) is 9.66. The van der Waals surface area contributed by atoms with Crippen LogP contribution in [0, 0.1) is 45.8 Å². The zero-order chi connectivity index (χ0) is 52.0. The molecule has 1 aliphatic carbocycles. The Morgan fingerprint density at radius 3 is 2.38 bits per heavy atom. The fraction of sp³-hybridized carbons (Fsp3) is 0.509. The molecule has 5 N–H and O–H groups in total. The monoisotopic (exact) mass is 1020 g/mol. The van der Waals surface area contributed by atoms with E-state index >= 15 is 0 Å². The Morgan fingerprint density at radius 1 is 1.08 bits per heavy atom. The number of hydrogen-bond donors (Lipinski definition) is 5. The molecule has 3 aliphatic heterocycles. The molecule has 4 aliphatic rings. The summed E-state index contributed by atoms with van der Waals surface area (Å²) in [6.07, 6.45) is 0.196. The van der Waals surface area contributed by atoms with Crippen LogP contribution in [-0.2, 0) is 30.3 Å². The lowest BCUT2D eigenvalue weighted by molar-refractivity contribution is -0.165. The van der Waals surface area contributed by atoms with Gasteiger partial charge in [0.05, 0.1) is 52.0 Å². The van der Waals surface area contributed by atoms with Gasteiger partial charge in [-0.15, -0.1) is 11.3 Å². The standard InChI is InChI=1S/C53H63ClN10O7S/c1-30(33-11-13-34(14-12-33)42-31(2)58-29-72-42)59-45(67)40-23-38(65)25-64(40)46(68)43-51(7,8)53(62-63-56,48(69)60-43)71-20-19-52(27-70-28-52)26-57-37-17-15-35(16-18-37)44(66)61-47-49(3,4)41(50(47,5)6)22-32-9-10-36(24-55)39(54)21-32/h9-18,21,29-30,38,40-41,43,47,57,65H,19-20,22-23,25-28H2,1-8H3,(H,59,67)(H,60,69)(H,61,66)/t30-,38+,40-,41-,43+,47-,53?/m0/s1. The molecule has 5 atom stereocenters. The van der Waals surface area contributed by atoms with Gasteiger partial charge in [-0.05, 0) is 107 Å². The van der Waals surface area contributed by atoms with Crippen molar-refractivity contribution in [3.63, 3.8) is 0 Å². The second-order valence-corrected chi connectivity index (χ2v) is 23.0. The van der Waals surface area contributed by atoms with Crippen LogP contribution in [0.3, 0.4) is 0 Å². The summed E-state index contributed by atoms with van der Waals surface area (Å²) in [6.45, 7) is 16.8. The van der Waals surface area contributed by atoms with Crippen molar-refractivity contribution in [1.82, 2.24) is 25.8 Å². The number of carbonyl (C=O) groups excluding carboxylic acids is 4. The molecule has 1 unspecified atom stereocenters. The van der Waals surface area contributed by atoms with Gasteiger partial charge in [-0.25, -0.2) is 4.98 Å². The van der Waals surface area contributed by atoms with Gasteiger partial charge < -0.3 is 40.7 Å². The Labute approximate surface area is 429 Å². The average Bonchev–Trinajstić information content (AvgIpc) is 4.00. The second-order valence-electron chi connectivity index (χ2n) is 21.7. The number of β-amino-alcohol motifs (C(OH)–C–C–N with tert-alkyl or cyclic N) is 1. The molecule has 4 heterocycles. The predicted molar refractivity (Wildman–Crippen MR) is 273 cm³/mol. The SMILES string of the molecule is Cc1ncsc1-c1ccc([C@H](C)NC(=O)[C@@H]2C[C@@H](O)CN2C(=O)[C@H]2NC(=O)C(N=[N+]=[N-])(OCCC3(CNc4ccc(C(=O)N[C@H]5C(C)(C)[C@H](Cc6ccc(C#N)c(Cl)c6)C5(C)C)cc4)COC3)C2(C)C)cc1. The van der Waals surface area contributed by atoms with Crippen LogP contribution < -0.4 is 21.3 Å². The van der Waals surface area contributed by atoms with Gasteiger partial charge in [-0.3, -0.25) is 19.2 Å². The fourth-order valence-electron chi connectivity index (χ4n) is 11.7. The summed E-state index contributed by atoms with van der Waals surface area (Å²) < 4.78 is 12.0. The van der Waals surface area contributed by atoms with Crippen molar-refractivity contribution in [2.45, 2.75) is 111 Å². The van der Waals surface area contributed by atoms with Crippen molar-refractivity contribution in [2.24, 2.45) is 32.7 Å². The molecule has 0 bridgehead atoms. The first-order chi connectivity index (χ1) is 34.1. The smallest absolute Gasteiger partial charge is 0.259 e. The second kappa shape index (κ2) is 20.1. The summed E-state index contributed by atoms with van der Waals surface area (Å²) in [7, 11) is 0. The van der Waals surface area contributed by atoms with E-state index in [0.717, 1.165) is 39.4 Å². The van der Waals surface area contributed by atoms with Crippen LogP contribution in [0.5, 0.6) is 0 Å². The highest BCUT2D eigenvalue weighted by Crippen LogP contribution is 2.60. The number of azide groups is 1. The highest BCUT2D eigenvalue weighted by molar-refractivity contribution is 7.13. The summed E-state index contributed by atoms with van der Waals surface area (Å²) in [5, 5.41) is 36.9. The molecule has 0 spiro atoms. The van der Waals surface area contributed by atoms with Gasteiger partial charge in [-0.1, -0.05) is 83.5 Å². The highest BCUT2D eigenvalue weighted by Gasteiger charge is 2.66. The first-order valence-electron chi connectivity index (χ1n) is 24.3. The van der Waals surface area contributed by atoms with Crippen molar-refractivity contribution in [3.05, 3.63) is 116 Å². The summed E-state index contributed by atoms with van der Waals surface area (Å²) >= 11 is 7.89. The highest BCUT2D eigenvalue weighted by atomic mass is 35.5. The maximum atomic E-state index is 14.4. The lowest BCUT2D eigenvalue weighted by Gasteiger charge is -2.64. The van der Waals surface area contributed by atoms with E-state index in [1.165, 1.54) is 4.90 Å². The van der Waals surface area contributed by atoms with E-state index in [2.05, 4.69) is 70.0 Å². The molecular weight excluding hydrogens is 956 g/mol. The van der Waals surface area contributed by atoms with Crippen LogP contribution in [0.15, 0.2) is 77.4 Å². The maximum absolute atomic E-state index is 14.4. The number of thiazole rings is 1. The van der Waals surface area contributed by atoms with Gasteiger partial charge in [0.1, 0.15) is 18.2 Å². The number of aliphatic hydroxyl groups excluding tert-OH is 1. The number of hydrogen-bond acceptors (Lipinski definition) is 12. The van der Waals surface area contributed by atoms with E-state index < -0.39 is 58.5 Å². The van der Waals surface area contributed by atoms with E-state index in [-0.39, 0.29) is 48.3 Å². The van der Waals surface area contributed by atoms with Crippen molar-refractivity contribution in [3.8, 4) is 16.5 Å². The number of ether oxygens (including phenoxy) is 2. The number of rotatable bonds is 17. The summed E-state index contributed by atoms with van der Waals surface area (Å²) in [5.41, 5.74) is 12.8. The van der Waals surface area contributed by atoms with Crippen LogP contribution in [0.25, 0.3) is 20.9 Å². The molecule has 3 saturated heterocycles. The molecule has 17 nitrogen and oxygen atoms in total. The number of carbonyl (C=O) groups is 4. The minimum atomic E-state index is -2.11. The number of anilines is 1. The summed E-state index contributed by atoms with van der Waals surface area (Å²) in [5.74, 6) is -1.76. The molecule has 4 aromatic rings. The number of nitrogens with one attached hydrogen (secondary N) is 4. The minimum Gasteiger partial charge on any atom is -0.391 e. The number of aromatic nitrogens is 1. The number of aryl methyl sites for hydroxylation is 1. The van der Waals surface area contributed by atoms with Gasteiger partial charge >= 0.3 is 0 Å². The molecule has 8 rings (SSSR count). The summed E-state index contributed by atoms with van der Waals surface area (Å²) in [4.78, 5) is 65.5. The van der Waals surface area contributed by atoms with Gasteiger partial charge in [0.2, 0.25) is 17.5 Å². The van der Waals surface area contributed by atoms with Gasteiger partial charge in [-0.2, -0.15) is 5.26 Å². The van der Waals surface area contributed by atoms with Crippen molar-refractivity contribution >= 4 is 52.3 Å². The quantitative estimate of drug-likeness (QED) is 0.0389. The van der Waals surface area contributed by atoms with E-state index in [9.17, 15) is 35.1 Å². The molecule has 0 radical (unpaired) electrons. The topological polar surface area (TPSA) is 244 Å². The molecule has 72 heavy (non-hydrogen) atoms. The van der Waals surface area contributed by atoms with E-state index in [4.69, 9.17) is 21.1 Å². The van der Waals surface area contributed by atoms with Crippen LogP contribution in [0.1, 0.15) is 100 Å². The van der Waals surface area contributed by atoms with Gasteiger partial charge in [0, 0.05) is 59.2 Å². The third-order valence-corrected chi connectivity index (χ3v) is 17.3. The number of nitrogens with zero attached hydrogens (tertiary/aromatic N) is 6. The Hall–Kier alpha value is -6.06. The Bertz CT molecular complexity index is 2800. The third-order valence-electron chi connectivity index (χ3n) is 16.0. The molecule has 19 heteroatoms. The predicted octanol–water partition coefficient (Wildman–Crippen LogP) is 7.87. The molecule has 1 aromatic heterocycles. The summed E-state index contributed by atoms with van der Waals surface area (Å²) in [6, 6.07) is 20.0. The van der Waals surface area contributed by atoms with E-state index in [1.54, 1.807) is 48.9 Å². The zero-order valence-electron chi connectivity index (χ0n) is 41.9. The van der Waals surface area contributed by atoms with E-state index in [1.807, 2.05) is 62.4 Å². The number of benzene rings is 3. The van der Waals surface area contributed by atoms with Crippen LogP contribution in [0.2, 0.25) is 5.02 Å².